The Morgan fingerprint density at radius 1 is 0.677 bits per heavy atom. The molecule has 0 saturated heterocycles. The van der Waals surface area contributed by atoms with Crippen molar-refractivity contribution >= 4 is 18.7 Å². The second-order valence-corrected chi connectivity index (χ2v) is 12.7. The smallest absolute Gasteiger partial charge is 0.851 e. The molecule has 0 N–H and O–H groups in total. The molecule has 3 aromatic carbocycles. The van der Waals surface area contributed by atoms with Crippen LogP contribution in [-0.2, 0) is 0 Å². The van der Waals surface area contributed by atoms with Crippen LogP contribution in [0.3, 0.4) is 0 Å². The van der Waals surface area contributed by atoms with Gasteiger partial charge >= 0.3 is 18.9 Å². The Balaban J connectivity index is 0.00000272. The van der Waals surface area contributed by atoms with E-state index >= 15 is 4.80 Å². The minimum atomic E-state index is -3.25. The second kappa shape index (κ2) is 8.76. The Morgan fingerprint density at radius 3 is 1.45 bits per heavy atom. The third-order valence-corrected chi connectivity index (χ3v) is 12.0. The van der Waals surface area contributed by atoms with Crippen LogP contribution in [0.4, 0.5) is 0 Å². The van der Waals surface area contributed by atoms with E-state index in [0.717, 1.165) is 10.4 Å². The van der Waals surface area contributed by atoms with Gasteiger partial charge in [0.05, 0.1) is 0 Å². The first-order valence-corrected chi connectivity index (χ1v) is 13.1. The van der Waals surface area contributed by atoms with Crippen molar-refractivity contribution in [1.29, 1.82) is 0 Å². The molecule has 4 rings (SSSR count). The molecular weight excluding hydrogens is 387 g/mol. The number of aryl methyl sites for hydroxylation is 6. The van der Waals surface area contributed by atoms with Crippen LogP contribution in [0.2, 0.25) is 5.54 Å². The van der Waals surface area contributed by atoms with Crippen LogP contribution in [0.15, 0.2) is 54.6 Å². The summed E-state index contributed by atoms with van der Waals surface area (Å²) in [5, 5.41) is 2.25. The van der Waals surface area contributed by atoms with E-state index < -0.39 is 8.32 Å². The Kier molecular flexibility index (Phi) is 6.80. The van der Waals surface area contributed by atoms with Gasteiger partial charge in [0, 0.05) is 8.32 Å². The molecule has 0 spiro atoms. The van der Waals surface area contributed by atoms with E-state index in [9.17, 15) is 0 Å². The van der Waals surface area contributed by atoms with Crippen LogP contribution in [-0.4, -0.2) is 8.32 Å². The van der Waals surface area contributed by atoms with Crippen LogP contribution in [0, 0.1) is 47.5 Å². The molecule has 0 bridgehead atoms. The molecule has 1 fully saturated rings. The van der Waals surface area contributed by atoms with Gasteiger partial charge in [-0.05, 0) is 64.5 Å². The Hall–Kier alpha value is -1.57. The van der Waals surface area contributed by atoms with E-state index in [2.05, 4.69) is 103 Å². The topological polar surface area (TPSA) is 23.1 Å². The average molecular weight is 421 g/mol. The van der Waals surface area contributed by atoms with Gasteiger partial charge in [-0.3, -0.25) is 0 Å². The van der Waals surface area contributed by atoms with E-state index in [1.165, 1.54) is 38.9 Å². The fourth-order valence-electron chi connectivity index (χ4n) is 6.26. The molecule has 31 heavy (non-hydrogen) atoms. The van der Waals surface area contributed by atoms with Gasteiger partial charge < -0.3 is 4.80 Å². The van der Waals surface area contributed by atoms with Gasteiger partial charge in [0.2, 0.25) is 0 Å². The van der Waals surface area contributed by atoms with Crippen molar-refractivity contribution in [3.63, 3.8) is 0 Å². The molecule has 1 aliphatic carbocycles. The van der Waals surface area contributed by atoms with Gasteiger partial charge in [-0.25, -0.2) is 0 Å². The van der Waals surface area contributed by atoms with Crippen molar-refractivity contribution in [3.05, 3.63) is 93.5 Å². The standard InChI is InChI=1S/C28H33OSi.Li/c1-17-13-19(3)26(20(4)14-17)30(29,27-21(5)15-18(2)16-22(27)6)28-23(7)25(28)24-11-9-8-10-12-24;/h8-16,23,25,28H,1-7H3;/q-1;+1. The zero-order valence-electron chi connectivity index (χ0n) is 20.3. The van der Waals surface area contributed by atoms with Crippen molar-refractivity contribution in [3.8, 4) is 0 Å². The van der Waals surface area contributed by atoms with Gasteiger partial charge in [0.1, 0.15) is 0 Å². The summed E-state index contributed by atoms with van der Waals surface area (Å²) >= 11 is 0. The number of hydrogen-bond donors (Lipinski definition) is 0. The van der Waals surface area contributed by atoms with Crippen molar-refractivity contribution in [2.24, 2.45) is 5.92 Å². The second-order valence-electron chi connectivity index (χ2n) is 9.60. The molecule has 1 saturated carbocycles. The molecule has 0 heterocycles. The number of benzene rings is 3. The third-order valence-electron chi connectivity index (χ3n) is 7.13. The summed E-state index contributed by atoms with van der Waals surface area (Å²) in [6.07, 6.45) is 0. The monoisotopic (exact) mass is 420 g/mol. The van der Waals surface area contributed by atoms with Crippen LogP contribution in [0.1, 0.15) is 51.8 Å². The summed E-state index contributed by atoms with van der Waals surface area (Å²) in [6.45, 7) is 15.2. The number of hydrogen-bond acceptors (Lipinski definition) is 1. The maximum Gasteiger partial charge on any atom is 1.00 e. The molecule has 3 aromatic rings. The summed E-state index contributed by atoms with van der Waals surface area (Å²) < 4.78 is 0. The number of rotatable bonds is 4. The van der Waals surface area contributed by atoms with Gasteiger partial charge in [0.15, 0.2) is 0 Å². The molecule has 3 atom stereocenters. The quantitative estimate of drug-likeness (QED) is 0.590. The first-order valence-electron chi connectivity index (χ1n) is 11.1. The molecule has 156 valence electrons. The van der Waals surface area contributed by atoms with Crippen LogP contribution in [0.25, 0.3) is 0 Å². The van der Waals surface area contributed by atoms with Crippen molar-refractivity contribution in [2.75, 3.05) is 0 Å². The maximum absolute atomic E-state index is 15.5. The van der Waals surface area contributed by atoms with Crippen LogP contribution >= 0.6 is 0 Å². The van der Waals surface area contributed by atoms with Crippen molar-refractivity contribution < 1.29 is 23.7 Å². The molecule has 1 aliphatic rings. The maximum atomic E-state index is 15.5. The first kappa shape index (κ1) is 24.1. The summed E-state index contributed by atoms with van der Waals surface area (Å²) in [5.74, 6) is 0.771. The van der Waals surface area contributed by atoms with Gasteiger partial charge in [0.25, 0.3) is 0 Å². The summed E-state index contributed by atoms with van der Waals surface area (Å²) in [6, 6.07) is 19.6. The minimum Gasteiger partial charge on any atom is -0.851 e. The van der Waals surface area contributed by atoms with Crippen molar-refractivity contribution in [1.82, 2.24) is 0 Å². The predicted octanol–water partition coefficient (Wildman–Crippen LogP) is 1.76. The van der Waals surface area contributed by atoms with Gasteiger partial charge in [-0.15, -0.1) is 0 Å². The van der Waals surface area contributed by atoms with E-state index in [-0.39, 0.29) is 24.4 Å². The summed E-state index contributed by atoms with van der Waals surface area (Å²) in [5.41, 5.74) is 8.71. The zero-order chi connectivity index (χ0) is 21.8. The van der Waals surface area contributed by atoms with E-state index in [1.54, 1.807) is 0 Å². The summed E-state index contributed by atoms with van der Waals surface area (Å²) in [4.78, 5) is 15.5. The molecule has 1 nitrogen and oxygen atoms in total. The fraction of sp³-hybridized carbons (Fsp3) is 0.357. The fourth-order valence-corrected chi connectivity index (χ4v) is 11.6. The molecule has 0 amide bonds. The average Bonchev–Trinajstić information content (AvgIpc) is 3.32. The molecule has 0 aliphatic heterocycles. The molecule has 3 unspecified atom stereocenters. The van der Waals surface area contributed by atoms with Crippen molar-refractivity contribution in [2.45, 2.75) is 59.9 Å². The molecule has 0 radical (unpaired) electrons. The Morgan fingerprint density at radius 2 is 1.06 bits per heavy atom. The molecule has 0 aromatic heterocycles. The molecule has 3 heteroatoms. The van der Waals surface area contributed by atoms with Gasteiger partial charge in [-0.2, -0.15) is 0 Å². The van der Waals surface area contributed by atoms with Gasteiger partial charge in [-0.1, -0.05) is 105 Å². The predicted molar refractivity (Wildman–Crippen MR) is 128 cm³/mol. The SMILES string of the molecule is Cc1cc(C)c([Si]([O-])(c2c(C)cc(C)cc2C)C2C(C)C2c2ccccc2)c(C)c1.[Li+]. The van der Waals surface area contributed by atoms with Crippen LogP contribution < -0.4 is 34.0 Å². The van der Waals surface area contributed by atoms with E-state index in [4.69, 9.17) is 0 Å². The van der Waals surface area contributed by atoms with Crippen LogP contribution in [0.5, 0.6) is 0 Å². The van der Waals surface area contributed by atoms with E-state index in [1.807, 2.05) is 0 Å². The Labute approximate surface area is 201 Å². The molecular formula is C28H33LiOSi. The first-order chi connectivity index (χ1) is 14.2. The Bertz CT molecular complexity index is 1000. The normalized spacial score (nSPS) is 20.3. The van der Waals surface area contributed by atoms with E-state index in [0.29, 0.717) is 11.8 Å². The largest absolute Gasteiger partial charge is 1.00 e. The zero-order valence-corrected chi connectivity index (χ0v) is 21.3. The third kappa shape index (κ3) is 4.01. The minimum absolute atomic E-state index is 0. The summed E-state index contributed by atoms with van der Waals surface area (Å²) in [7, 11) is -3.25.